The average molecular weight is 246 g/mol. The number of anilines is 1. The Morgan fingerprint density at radius 1 is 1.39 bits per heavy atom. The number of nitrogens with two attached hydrogens (primary N) is 1. The average Bonchev–Trinajstić information content (AvgIpc) is 2.76. The molecule has 18 heavy (non-hydrogen) atoms. The maximum atomic E-state index is 11.6. The molecule has 7 nitrogen and oxygen atoms in total. The smallest absolute Gasteiger partial charge is 0.241 e. The molecule has 0 unspecified atom stereocenters. The quantitative estimate of drug-likeness (QED) is 0.749. The van der Waals surface area contributed by atoms with Crippen molar-refractivity contribution in [3.05, 3.63) is 36.3 Å². The van der Waals surface area contributed by atoms with Crippen LogP contribution in [-0.4, -0.2) is 32.4 Å². The van der Waals surface area contributed by atoms with Crippen LogP contribution in [0.3, 0.4) is 0 Å². The largest absolute Gasteiger partial charge is 0.381 e. The molecule has 1 amide bonds. The van der Waals surface area contributed by atoms with Crippen molar-refractivity contribution in [2.45, 2.75) is 13.0 Å². The maximum absolute atomic E-state index is 11.6. The Bertz CT molecular complexity index is 509. The van der Waals surface area contributed by atoms with E-state index in [1.165, 1.54) is 10.9 Å². The van der Waals surface area contributed by atoms with E-state index in [4.69, 9.17) is 5.73 Å². The van der Waals surface area contributed by atoms with Gasteiger partial charge in [0.25, 0.3) is 0 Å². The summed E-state index contributed by atoms with van der Waals surface area (Å²) in [5, 5.41) is 10.1. The summed E-state index contributed by atoms with van der Waals surface area (Å²) in [5.41, 5.74) is 6.53. The van der Waals surface area contributed by atoms with Crippen molar-refractivity contribution < 1.29 is 4.79 Å². The molecule has 2 aromatic heterocycles. The molecule has 0 bridgehead atoms. The number of pyridine rings is 1. The van der Waals surface area contributed by atoms with Crippen LogP contribution in [0.25, 0.3) is 0 Å². The van der Waals surface area contributed by atoms with Crippen molar-refractivity contribution in [3.63, 3.8) is 0 Å². The Hall–Kier alpha value is -2.44. The maximum Gasteiger partial charge on any atom is 0.241 e. The van der Waals surface area contributed by atoms with Gasteiger partial charge in [-0.15, -0.1) is 5.10 Å². The third-order valence-corrected chi connectivity index (χ3v) is 2.35. The van der Waals surface area contributed by atoms with Crippen LogP contribution >= 0.6 is 0 Å². The van der Waals surface area contributed by atoms with Gasteiger partial charge in [-0.05, 0) is 24.1 Å². The van der Waals surface area contributed by atoms with Crippen molar-refractivity contribution in [2.24, 2.45) is 0 Å². The summed E-state index contributed by atoms with van der Waals surface area (Å²) in [6.07, 6.45) is 5.75. The number of nitrogens with one attached hydrogen (secondary N) is 1. The standard InChI is InChI=1S/C11H14N6O/c12-10-7-17(16-15-10)8-11(18)14-6-3-9-1-4-13-5-2-9/h1-2,4-5,7H,3,6,8,12H2,(H,14,18). The second-order valence-electron chi connectivity index (χ2n) is 3.80. The molecule has 0 saturated carbocycles. The van der Waals surface area contributed by atoms with E-state index in [9.17, 15) is 4.79 Å². The highest BCUT2D eigenvalue weighted by molar-refractivity contribution is 5.75. The van der Waals surface area contributed by atoms with E-state index in [1.54, 1.807) is 12.4 Å². The van der Waals surface area contributed by atoms with E-state index >= 15 is 0 Å². The molecular weight excluding hydrogens is 232 g/mol. The molecule has 0 fully saturated rings. The molecule has 7 heteroatoms. The summed E-state index contributed by atoms with van der Waals surface area (Å²) in [6, 6.07) is 3.84. The first-order valence-electron chi connectivity index (χ1n) is 5.55. The van der Waals surface area contributed by atoms with Crippen LogP contribution in [0.2, 0.25) is 0 Å². The molecule has 2 rings (SSSR count). The Kier molecular flexibility index (Phi) is 3.85. The molecule has 0 saturated heterocycles. The Labute approximate surface area is 104 Å². The van der Waals surface area contributed by atoms with Gasteiger partial charge in [0, 0.05) is 18.9 Å². The monoisotopic (exact) mass is 246 g/mol. The van der Waals surface area contributed by atoms with Crippen molar-refractivity contribution in [1.29, 1.82) is 0 Å². The van der Waals surface area contributed by atoms with Crippen LogP contribution in [0.5, 0.6) is 0 Å². The third-order valence-electron chi connectivity index (χ3n) is 2.35. The fraction of sp³-hybridized carbons (Fsp3) is 0.273. The summed E-state index contributed by atoms with van der Waals surface area (Å²) < 4.78 is 1.40. The number of nitrogen functional groups attached to an aromatic ring is 1. The van der Waals surface area contributed by atoms with Gasteiger partial charge < -0.3 is 11.1 Å². The SMILES string of the molecule is Nc1cn(CC(=O)NCCc2ccncc2)nn1. The summed E-state index contributed by atoms with van der Waals surface area (Å²) >= 11 is 0. The minimum absolute atomic E-state index is 0.117. The second kappa shape index (κ2) is 5.76. The molecule has 0 aliphatic rings. The highest BCUT2D eigenvalue weighted by atomic mass is 16.2. The molecule has 0 aromatic carbocycles. The summed E-state index contributed by atoms with van der Waals surface area (Å²) in [5.74, 6) is 0.188. The van der Waals surface area contributed by atoms with Crippen LogP contribution in [0.4, 0.5) is 5.82 Å². The lowest BCUT2D eigenvalue weighted by atomic mass is 10.2. The van der Waals surface area contributed by atoms with Gasteiger partial charge in [0.05, 0.1) is 6.20 Å². The summed E-state index contributed by atoms with van der Waals surface area (Å²) in [4.78, 5) is 15.5. The zero-order chi connectivity index (χ0) is 12.8. The van der Waals surface area contributed by atoms with E-state index in [1.807, 2.05) is 12.1 Å². The third kappa shape index (κ3) is 3.55. The first kappa shape index (κ1) is 12.0. The fourth-order valence-corrected chi connectivity index (χ4v) is 1.49. The molecule has 0 aliphatic heterocycles. The van der Waals surface area contributed by atoms with Crippen LogP contribution < -0.4 is 11.1 Å². The molecule has 0 aliphatic carbocycles. The van der Waals surface area contributed by atoms with Gasteiger partial charge in [0.15, 0.2) is 5.82 Å². The first-order valence-corrected chi connectivity index (χ1v) is 5.55. The minimum Gasteiger partial charge on any atom is -0.381 e. The van der Waals surface area contributed by atoms with E-state index in [-0.39, 0.29) is 12.5 Å². The highest BCUT2D eigenvalue weighted by Gasteiger charge is 2.04. The van der Waals surface area contributed by atoms with Gasteiger partial charge in [-0.2, -0.15) is 0 Å². The Balaban J connectivity index is 1.72. The van der Waals surface area contributed by atoms with Crippen LogP contribution in [0, 0.1) is 0 Å². The molecule has 0 spiro atoms. The molecule has 2 aromatic rings. The lowest BCUT2D eigenvalue weighted by molar-refractivity contribution is -0.121. The van der Waals surface area contributed by atoms with E-state index in [0.717, 1.165) is 12.0 Å². The van der Waals surface area contributed by atoms with Gasteiger partial charge in [-0.3, -0.25) is 9.78 Å². The van der Waals surface area contributed by atoms with Gasteiger partial charge in [0.1, 0.15) is 6.54 Å². The Morgan fingerprint density at radius 2 is 2.17 bits per heavy atom. The topological polar surface area (TPSA) is 98.7 Å². The predicted octanol–water partition coefficient (Wildman–Crippen LogP) is -0.386. The van der Waals surface area contributed by atoms with Gasteiger partial charge >= 0.3 is 0 Å². The lowest BCUT2D eigenvalue weighted by Crippen LogP contribution is -2.29. The molecule has 2 heterocycles. The van der Waals surface area contributed by atoms with Gasteiger partial charge in [-0.1, -0.05) is 5.21 Å². The first-order chi connectivity index (χ1) is 8.74. The van der Waals surface area contributed by atoms with Crippen LogP contribution in [-0.2, 0) is 17.8 Å². The van der Waals surface area contributed by atoms with E-state index in [0.29, 0.717) is 12.4 Å². The number of hydrogen-bond acceptors (Lipinski definition) is 5. The van der Waals surface area contributed by atoms with Crippen molar-refractivity contribution >= 4 is 11.7 Å². The van der Waals surface area contributed by atoms with Crippen LogP contribution in [0.1, 0.15) is 5.56 Å². The number of nitrogens with zero attached hydrogens (tertiary/aromatic N) is 4. The van der Waals surface area contributed by atoms with Gasteiger partial charge in [-0.25, -0.2) is 4.68 Å². The number of hydrogen-bond donors (Lipinski definition) is 2. The minimum atomic E-state index is -0.117. The number of carbonyl (C=O) groups is 1. The lowest BCUT2D eigenvalue weighted by Gasteiger charge is -2.04. The number of rotatable bonds is 5. The molecule has 0 radical (unpaired) electrons. The van der Waals surface area contributed by atoms with Crippen LogP contribution in [0.15, 0.2) is 30.7 Å². The second-order valence-corrected chi connectivity index (χ2v) is 3.80. The molecule has 0 atom stereocenters. The van der Waals surface area contributed by atoms with Gasteiger partial charge in [0.2, 0.25) is 5.91 Å². The summed E-state index contributed by atoms with van der Waals surface area (Å²) in [7, 11) is 0. The summed E-state index contributed by atoms with van der Waals surface area (Å²) in [6.45, 7) is 0.702. The van der Waals surface area contributed by atoms with E-state index < -0.39 is 0 Å². The predicted molar refractivity (Wildman–Crippen MR) is 65.4 cm³/mol. The van der Waals surface area contributed by atoms with Crippen molar-refractivity contribution in [3.8, 4) is 0 Å². The molecule has 94 valence electrons. The fourth-order valence-electron chi connectivity index (χ4n) is 1.49. The van der Waals surface area contributed by atoms with Crippen molar-refractivity contribution in [1.82, 2.24) is 25.3 Å². The number of aromatic nitrogens is 4. The Morgan fingerprint density at radius 3 is 2.83 bits per heavy atom. The number of amides is 1. The molecular formula is C11H14N6O. The highest BCUT2D eigenvalue weighted by Crippen LogP contribution is 1.96. The number of carbonyl (C=O) groups excluding carboxylic acids is 1. The zero-order valence-corrected chi connectivity index (χ0v) is 9.78. The zero-order valence-electron chi connectivity index (χ0n) is 9.78. The van der Waals surface area contributed by atoms with E-state index in [2.05, 4.69) is 20.6 Å². The molecule has 3 N–H and O–H groups in total. The van der Waals surface area contributed by atoms with Crippen molar-refractivity contribution in [2.75, 3.05) is 12.3 Å². The normalized spacial score (nSPS) is 10.2.